The summed E-state index contributed by atoms with van der Waals surface area (Å²) in [5.41, 5.74) is 3.08. The molecule has 0 aliphatic heterocycles. The first kappa shape index (κ1) is 13.5. The van der Waals surface area contributed by atoms with Crippen LogP contribution in [0.3, 0.4) is 0 Å². The van der Waals surface area contributed by atoms with Crippen LogP contribution in [-0.2, 0) is 4.74 Å². The van der Waals surface area contributed by atoms with Crippen LogP contribution >= 0.6 is 0 Å². The maximum atomic E-state index is 5.36. The van der Waals surface area contributed by atoms with Gasteiger partial charge in [0.05, 0.1) is 6.10 Å². The second kappa shape index (κ2) is 5.80. The molecule has 1 aromatic carbocycles. The van der Waals surface area contributed by atoms with E-state index in [2.05, 4.69) is 22.1 Å². The monoisotopic (exact) mass is 257 g/mol. The van der Waals surface area contributed by atoms with E-state index in [1.54, 1.807) is 19.5 Å². The number of ether oxygens (including phenoxy) is 1. The number of methoxy groups -OCH3 is 1. The molecule has 0 N–H and O–H groups in total. The SMILES string of the molecule is COC(C)c1cccc(-c2nccnc2N(C)C)c1. The van der Waals surface area contributed by atoms with Crippen LogP contribution in [0.4, 0.5) is 5.82 Å². The number of aromatic nitrogens is 2. The molecule has 0 saturated carbocycles. The van der Waals surface area contributed by atoms with Gasteiger partial charge in [0.25, 0.3) is 0 Å². The first-order valence-corrected chi connectivity index (χ1v) is 6.25. The maximum Gasteiger partial charge on any atom is 0.154 e. The van der Waals surface area contributed by atoms with Gasteiger partial charge >= 0.3 is 0 Å². The van der Waals surface area contributed by atoms with Crippen LogP contribution in [0.15, 0.2) is 36.7 Å². The summed E-state index contributed by atoms with van der Waals surface area (Å²) in [4.78, 5) is 10.8. The predicted octanol–water partition coefficient (Wildman–Crippen LogP) is 2.92. The Hall–Kier alpha value is -1.94. The Morgan fingerprint density at radius 3 is 2.58 bits per heavy atom. The fourth-order valence-electron chi connectivity index (χ4n) is 1.94. The van der Waals surface area contributed by atoms with Gasteiger partial charge in [0.2, 0.25) is 0 Å². The standard InChI is InChI=1S/C15H19N3O/c1-11(19-4)12-6-5-7-13(10-12)14-15(18(2)3)17-9-8-16-14/h5-11H,1-4H3. The molecule has 1 atom stereocenters. The largest absolute Gasteiger partial charge is 0.377 e. The van der Waals surface area contributed by atoms with Gasteiger partial charge in [-0.3, -0.25) is 4.98 Å². The molecule has 0 radical (unpaired) electrons. The van der Waals surface area contributed by atoms with Crippen molar-refractivity contribution in [3.63, 3.8) is 0 Å². The topological polar surface area (TPSA) is 38.3 Å². The summed E-state index contributed by atoms with van der Waals surface area (Å²) in [5, 5.41) is 0. The zero-order valence-corrected chi connectivity index (χ0v) is 11.8. The average Bonchev–Trinajstić information content (AvgIpc) is 2.46. The minimum Gasteiger partial charge on any atom is -0.377 e. The number of hydrogen-bond acceptors (Lipinski definition) is 4. The Kier molecular flexibility index (Phi) is 4.12. The lowest BCUT2D eigenvalue weighted by Crippen LogP contribution is -2.12. The van der Waals surface area contributed by atoms with Crippen molar-refractivity contribution in [1.29, 1.82) is 0 Å². The number of anilines is 1. The first-order valence-electron chi connectivity index (χ1n) is 6.25. The van der Waals surface area contributed by atoms with Gasteiger partial charge in [0.1, 0.15) is 5.69 Å². The van der Waals surface area contributed by atoms with Crippen molar-refractivity contribution in [2.75, 3.05) is 26.1 Å². The zero-order chi connectivity index (χ0) is 13.8. The average molecular weight is 257 g/mol. The van der Waals surface area contributed by atoms with Gasteiger partial charge < -0.3 is 9.64 Å². The third kappa shape index (κ3) is 2.90. The predicted molar refractivity (Wildman–Crippen MR) is 77.2 cm³/mol. The summed E-state index contributed by atoms with van der Waals surface area (Å²) in [7, 11) is 5.65. The fourth-order valence-corrected chi connectivity index (χ4v) is 1.94. The molecule has 0 aliphatic carbocycles. The highest BCUT2D eigenvalue weighted by molar-refractivity contribution is 5.72. The molecule has 0 amide bonds. The Labute approximate surface area is 114 Å². The Morgan fingerprint density at radius 1 is 1.16 bits per heavy atom. The van der Waals surface area contributed by atoms with Crippen LogP contribution < -0.4 is 4.90 Å². The Morgan fingerprint density at radius 2 is 1.89 bits per heavy atom. The van der Waals surface area contributed by atoms with Crippen LogP contribution in [0, 0.1) is 0 Å². The molecule has 2 rings (SSSR count). The molecule has 4 heteroatoms. The normalized spacial score (nSPS) is 12.2. The van der Waals surface area contributed by atoms with Gasteiger partial charge in [-0.1, -0.05) is 18.2 Å². The van der Waals surface area contributed by atoms with Crippen LogP contribution in [-0.4, -0.2) is 31.2 Å². The van der Waals surface area contributed by atoms with Crippen molar-refractivity contribution in [2.24, 2.45) is 0 Å². The van der Waals surface area contributed by atoms with Crippen molar-refractivity contribution in [1.82, 2.24) is 9.97 Å². The van der Waals surface area contributed by atoms with E-state index >= 15 is 0 Å². The summed E-state index contributed by atoms with van der Waals surface area (Å²) in [6.07, 6.45) is 3.49. The van der Waals surface area contributed by atoms with Crippen molar-refractivity contribution in [3.05, 3.63) is 42.2 Å². The second-order valence-corrected chi connectivity index (χ2v) is 4.63. The van der Waals surface area contributed by atoms with Crippen LogP contribution in [0.1, 0.15) is 18.6 Å². The van der Waals surface area contributed by atoms with E-state index in [9.17, 15) is 0 Å². The van der Waals surface area contributed by atoms with Crippen molar-refractivity contribution < 1.29 is 4.74 Å². The summed E-state index contributed by atoms with van der Waals surface area (Å²) in [5.74, 6) is 0.865. The Bertz CT molecular complexity index is 555. The zero-order valence-electron chi connectivity index (χ0n) is 11.8. The number of hydrogen-bond donors (Lipinski definition) is 0. The highest BCUT2D eigenvalue weighted by Gasteiger charge is 2.11. The van der Waals surface area contributed by atoms with Gasteiger partial charge in [-0.15, -0.1) is 0 Å². The lowest BCUT2D eigenvalue weighted by atomic mass is 10.0. The first-order chi connectivity index (χ1) is 9.13. The van der Waals surface area contributed by atoms with Crippen LogP contribution in [0.25, 0.3) is 11.3 Å². The van der Waals surface area contributed by atoms with E-state index in [0.29, 0.717) is 0 Å². The summed E-state index contributed by atoms with van der Waals surface area (Å²) in [6, 6.07) is 8.23. The molecule has 0 aliphatic rings. The molecule has 0 bridgehead atoms. The summed E-state index contributed by atoms with van der Waals surface area (Å²) in [6.45, 7) is 2.03. The second-order valence-electron chi connectivity index (χ2n) is 4.63. The van der Waals surface area contributed by atoms with E-state index in [4.69, 9.17) is 4.74 Å². The molecule has 19 heavy (non-hydrogen) atoms. The van der Waals surface area contributed by atoms with Crippen molar-refractivity contribution in [3.8, 4) is 11.3 Å². The fraction of sp³-hybridized carbons (Fsp3) is 0.333. The number of nitrogens with zero attached hydrogens (tertiary/aromatic N) is 3. The molecular weight excluding hydrogens is 238 g/mol. The van der Waals surface area contributed by atoms with Gasteiger partial charge in [-0.05, 0) is 18.6 Å². The quantitative estimate of drug-likeness (QED) is 0.844. The van der Waals surface area contributed by atoms with E-state index < -0.39 is 0 Å². The van der Waals surface area contributed by atoms with E-state index in [-0.39, 0.29) is 6.10 Å². The van der Waals surface area contributed by atoms with Gasteiger partial charge in [0.15, 0.2) is 5.82 Å². The molecule has 0 saturated heterocycles. The van der Waals surface area contributed by atoms with Crippen molar-refractivity contribution in [2.45, 2.75) is 13.0 Å². The molecule has 0 spiro atoms. The molecular formula is C15H19N3O. The molecule has 0 fully saturated rings. The van der Waals surface area contributed by atoms with Gasteiger partial charge in [0, 0.05) is 39.2 Å². The van der Waals surface area contributed by atoms with Gasteiger partial charge in [-0.2, -0.15) is 0 Å². The smallest absolute Gasteiger partial charge is 0.154 e. The molecule has 1 unspecified atom stereocenters. The van der Waals surface area contributed by atoms with Crippen molar-refractivity contribution >= 4 is 5.82 Å². The molecule has 1 aromatic heterocycles. The lowest BCUT2D eigenvalue weighted by Gasteiger charge is -2.16. The van der Waals surface area contributed by atoms with E-state index in [1.165, 1.54) is 0 Å². The van der Waals surface area contributed by atoms with E-state index in [1.807, 2.05) is 38.1 Å². The molecule has 2 aromatic rings. The number of rotatable bonds is 4. The third-order valence-electron chi connectivity index (χ3n) is 3.09. The van der Waals surface area contributed by atoms with Gasteiger partial charge in [-0.25, -0.2) is 4.98 Å². The molecule has 4 nitrogen and oxygen atoms in total. The highest BCUT2D eigenvalue weighted by atomic mass is 16.5. The molecule has 1 heterocycles. The lowest BCUT2D eigenvalue weighted by molar-refractivity contribution is 0.119. The number of benzene rings is 1. The minimum atomic E-state index is 0.0689. The Balaban J connectivity index is 2.48. The van der Waals surface area contributed by atoms with E-state index in [0.717, 1.165) is 22.6 Å². The maximum absolute atomic E-state index is 5.36. The van der Waals surface area contributed by atoms with Crippen LogP contribution in [0.5, 0.6) is 0 Å². The van der Waals surface area contributed by atoms with Crippen LogP contribution in [0.2, 0.25) is 0 Å². The molecule has 100 valence electrons. The summed E-state index contributed by atoms with van der Waals surface area (Å²) < 4.78 is 5.36. The summed E-state index contributed by atoms with van der Waals surface area (Å²) >= 11 is 0. The highest BCUT2D eigenvalue weighted by Crippen LogP contribution is 2.28. The third-order valence-corrected chi connectivity index (χ3v) is 3.09. The minimum absolute atomic E-state index is 0.0689.